The number of carbonyl (C=O) groups excluding carboxylic acids is 2. The van der Waals surface area contributed by atoms with E-state index in [0.29, 0.717) is 18.0 Å². The van der Waals surface area contributed by atoms with Gasteiger partial charge in [-0.1, -0.05) is 88.9 Å². The molecule has 1 atom stereocenters. The molecule has 8 nitrogen and oxygen atoms in total. The van der Waals surface area contributed by atoms with Crippen LogP contribution in [0.1, 0.15) is 49.3 Å². The third-order valence-corrected chi connectivity index (χ3v) is 10.8. The summed E-state index contributed by atoms with van der Waals surface area (Å²) in [5, 5.41) is 3.21. The number of anilines is 1. The molecule has 1 aliphatic rings. The summed E-state index contributed by atoms with van der Waals surface area (Å²) in [7, 11) is -4.21. The van der Waals surface area contributed by atoms with E-state index in [-0.39, 0.29) is 29.8 Å². The third-order valence-electron chi connectivity index (χ3n) is 8.54. The fourth-order valence-electron chi connectivity index (χ4n) is 5.99. The van der Waals surface area contributed by atoms with Crippen molar-refractivity contribution in [2.24, 2.45) is 0 Å². The van der Waals surface area contributed by atoms with Crippen molar-refractivity contribution in [3.05, 3.63) is 124 Å². The number of nitrogens with one attached hydrogen (secondary N) is 1. The molecule has 0 saturated heterocycles. The Hall–Kier alpha value is -4.15. The van der Waals surface area contributed by atoms with Crippen LogP contribution in [0.4, 0.5) is 5.69 Å². The molecule has 1 saturated carbocycles. The van der Waals surface area contributed by atoms with Crippen LogP contribution in [-0.2, 0) is 32.6 Å². The SMILES string of the molecule is CCOc1ccc(S(=O)(=O)N(CC(=O)N(Cc2cccc(Br)c2)[C@H](Cc2ccccc2)C(=O)NC2CCCC2)c2ccc(C)cc2)cc1. The molecule has 1 fully saturated rings. The molecule has 48 heavy (non-hydrogen) atoms. The third kappa shape index (κ3) is 9.05. The number of amides is 2. The minimum atomic E-state index is -4.21. The first-order valence-corrected chi connectivity index (χ1v) is 18.6. The molecule has 0 heterocycles. The Balaban J connectivity index is 1.55. The maximum Gasteiger partial charge on any atom is 0.264 e. The number of ether oxygens (including phenoxy) is 1. The Morgan fingerprint density at radius 1 is 0.896 bits per heavy atom. The van der Waals surface area contributed by atoms with Gasteiger partial charge in [0, 0.05) is 23.5 Å². The van der Waals surface area contributed by atoms with Gasteiger partial charge in [0.25, 0.3) is 10.0 Å². The van der Waals surface area contributed by atoms with E-state index >= 15 is 0 Å². The van der Waals surface area contributed by atoms with Crippen molar-refractivity contribution in [2.45, 2.75) is 69.5 Å². The Morgan fingerprint density at radius 2 is 1.56 bits per heavy atom. The van der Waals surface area contributed by atoms with Crippen molar-refractivity contribution in [1.29, 1.82) is 0 Å². The minimum absolute atomic E-state index is 0.0256. The van der Waals surface area contributed by atoms with Crippen LogP contribution in [0.2, 0.25) is 0 Å². The molecule has 5 rings (SSSR count). The lowest BCUT2D eigenvalue weighted by molar-refractivity contribution is -0.140. The summed E-state index contributed by atoms with van der Waals surface area (Å²) in [6.07, 6.45) is 4.15. The van der Waals surface area contributed by atoms with Crippen LogP contribution in [0, 0.1) is 6.92 Å². The van der Waals surface area contributed by atoms with E-state index in [2.05, 4.69) is 21.2 Å². The molecule has 0 aromatic heterocycles. The summed E-state index contributed by atoms with van der Waals surface area (Å²) in [5.41, 5.74) is 3.00. The Bertz CT molecular complexity index is 1780. The predicted molar refractivity (Wildman–Crippen MR) is 192 cm³/mol. The minimum Gasteiger partial charge on any atom is -0.494 e. The van der Waals surface area contributed by atoms with E-state index in [9.17, 15) is 18.0 Å². The van der Waals surface area contributed by atoms with E-state index in [4.69, 9.17) is 4.74 Å². The standard InChI is InChI=1S/C38H42BrN3O5S/c1-3-47-34-20-22-35(23-21-34)48(45,46)42(33-18-16-28(2)17-19-33)27-37(43)41(26-30-12-9-13-31(39)24-30)36(25-29-10-5-4-6-11-29)38(44)40-32-14-7-8-15-32/h4-6,9-13,16-24,32,36H,3,7-8,14-15,25-27H2,1-2H3,(H,40,44)/t36-/m1/s1. The van der Waals surface area contributed by atoms with E-state index < -0.39 is 28.5 Å². The maximum atomic E-state index is 14.7. The number of benzene rings is 4. The van der Waals surface area contributed by atoms with Gasteiger partial charge < -0.3 is 15.0 Å². The molecule has 0 spiro atoms. The van der Waals surface area contributed by atoms with Crippen molar-refractivity contribution in [1.82, 2.24) is 10.2 Å². The first-order chi connectivity index (χ1) is 23.1. The zero-order chi connectivity index (χ0) is 34.1. The Kier molecular flexibility index (Phi) is 11.9. The van der Waals surface area contributed by atoms with Crippen LogP contribution in [0.5, 0.6) is 5.75 Å². The van der Waals surface area contributed by atoms with E-state index in [1.165, 1.54) is 17.0 Å². The molecular weight excluding hydrogens is 690 g/mol. The van der Waals surface area contributed by atoms with Crippen LogP contribution < -0.4 is 14.4 Å². The number of rotatable bonds is 14. The number of hydrogen-bond donors (Lipinski definition) is 1. The van der Waals surface area contributed by atoms with Gasteiger partial charge in [0.15, 0.2) is 0 Å². The molecule has 0 radical (unpaired) electrons. The lowest BCUT2D eigenvalue weighted by Crippen LogP contribution is -2.54. The summed E-state index contributed by atoms with van der Waals surface area (Å²) >= 11 is 3.53. The molecule has 2 amide bonds. The van der Waals surface area contributed by atoms with Gasteiger partial charge in [-0.15, -0.1) is 0 Å². The highest BCUT2D eigenvalue weighted by molar-refractivity contribution is 9.10. The normalized spacial score (nSPS) is 13.9. The van der Waals surface area contributed by atoms with Crippen LogP contribution in [0.25, 0.3) is 0 Å². The van der Waals surface area contributed by atoms with Crippen molar-refractivity contribution < 1.29 is 22.7 Å². The van der Waals surface area contributed by atoms with Crippen molar-refractivity contribution in [2.75, 3.05) is 17.5 Å². The molecule has 10 heteroatoms. The maximum absolute atomic E-state index is 14.7. The van der Waals surface area contributed by atoms with Gasteiger partial charge in [-0.25, -0.2) is 8.42 Å². The predicted octanol–water partition coefficient (Wildman–Crippen LogP) is 7.05. The fraction of sp³-hybridized carbons (Fsp3) is 0.316. The lowest BCUT2D eigenvalue weighted by Gasteiger charge is -2.34. The van der Waals surface area contributed by atoms with Gasteiger partial charge >= 0.3 is 0 Å². The molecule has 1 aliphatic carbocycles. The second kappa shape index (κ2) is 16.3. The van der Waals surface area contributed by atoms with Gasteiger partial charge in [-0.2, -0.15) is 0 Å². The first-order valence-electron chi connectivity index (χ1n) is 16.3. The molecule has 0 unspecified atom stereocenters. The molecule has 0 aliphatic heterocycles. The highest BCUT2D eigenvalue weighted by Gasteiger charge is 2.35. The summed E-state index contributed by atoms with van der Waals surface area (Å²) in [5.74, 6) is -0.190. The topological polar surface area (TPSA) is 96.0 Å². The van der Waals surface area contributed by atoms with Crippen molar-refractivity contribution in [3.8, 4) is 5.75 Å². The average molecular weight is 733 g/mol. The highest BCUT2D eigenvalue weighted by atomic mass is 79.9. The monoisotopic (exact) mass is 731 g/mol. The van der Waals surface area contributed by atoms with Crippen LogP contribution >= 0.6 is 15.9 Å². The number of sulfonamides is 1. The molecule has 4 aromatic rings. The molecule has 252 valence electrons. The lowest BCUT2D eigenvalue weighted by atomic mass is 10.0. The number of hydrogen-bond acceptors (Lipinski definition) is 5. The Labute approximate surface area is 292 Å². The van der Waals surface area contributed by atoms with Crippen LogP contribution in [0.15, 0.2) is 112 Å². The van der Waals surface area contributed by atoms with Gasteiger partial charge in [0.2, 0.25) is 11.8 Å². The number of carbonyl (C=O) groups is 2. The smallest absolute Gasteiger partial charge is 0.264 e. The summed E-state index contributed by atoms with van der Waals surface area (Å²) in [4.78, 5) is 30.4. The Morgan fingerprint density at radius 3 is 2.21 bits per heavy atom. The van der Waals surface area contributed by atoms with Gasteiger partial charge in [0.1, 0.15) is 18.3 Å². The molecule has 4 aromatic carbocycles. The summed E-state index contributed by atoms with van der Waals surface area (Å²) in [6.45, 7) is 3.82. The summed E-state index contributed by atoms with van der Waals surface area (Å²) < 4.78 is 36.1. The second-order valence-electron chi connectivity index (χ2n) is 12.1. The van der Waals surface area contributed by atoms with Crippen LogP contribution in [0.3, 0.4) is 0 Å². The van der Waals surface area contributed by atoms with Crippen molar-refractivity contribution in [3.63, 3.8) is 0 Å². The second-order valence-corrected chi connectivity index (χ2v) is 14.9. The fourth-order valence-corrected chi connectivity index (χ4v) is 7.86. The van der Waals surface area contributed by atoms with Crippen molar-refractivity contribution >= 4 is 43.5 Å². The molecular formula is C38H42BrN3O5S. The average Bonchev–Trinajstić information content (AvgIpc) is 3.59. The quantitative estimate of drug-likeness (QED) is 0.150. The number of aryl methyl sites for hydroxylation is 1. The van der Waals surface area contributed by atoms with E-state index in [1.54, 1.807) is 24.3 Å². The molecule has 0 bridgehead atoms. The van der Waals surface area contributed by atoms with Gasteiger partial charge in [-0.05, 0) is 86.3 Å². The van der Waals surface area contributed by atoms with Crippen LogP contribution in [-0.4, -0.2) is 50.4 Å². The zero-order valence-corrected chi connectivity index (χ0v) is 29.8. The summed E-state index contributed by atoms with van der Waals surface area (Å²) in [6, 6.07) is 29.5. The van der Waals surface area contributed by atoms with Gasteiger partial charge in [-0.3, -0.25) is 13.9 Å². The van der Waals surface area contributed by atoms with E-state index in [0.717, 1.165) is 51.2 Å². The number of halogens is 1. The zero-order valence-electron chi connectivity index (χ0n) is 27.3. The van der Waals surface area contributed by atoms with E-state index in [1.807, 2.05) is 80.6 Å². The number of nitrogens with zero attached hydrogens (tertiary/aromatic N) is 2. The largest absolute Gasteiger partial charge is 0.494 e. The highest BCUT2D eigenvalue weighted by Crippen LogP contribution is 2.27. The first kappa shape index (κ1) is 35.2. The molecule has 1 N–H and O–H groups in total. The van der Waals surface area contributed by atoms with Gasteiger partial charge in [0.05, 0.1) is 17.2 Å².